The van der Waals surface area contributed by atoms with Crippen LogP contribution in [0, 0.1) is 16.7 Å². The Morgan fingerprint density at radius 1 is 1.17 bits per heavy atom. The highest BCUT2D eigenvalue weighted by atomic mass is 35.5. The Bertz CT molecular complexity index is 1070. The molecule has 0 aromatic heterocycles. The molecule has 9 heteroatoms. The van der Waals surface area contributed by atoms with Crippen molar-refractivity contribution in [2.45, 2.75) is 50.8 Å². The minimum absolute atomic E-state index is 0.109. The molecule has 0 spiro atoms. The van der Waals surface area contributed by atoms with Gasteiger partial charge in [0.2, 0.25) is 0 Å². The van der Waals surface area contributed by atoms with E-state index < -0.39 is 23.7 Å². The molecule has 1 aliphatic rings. The first kappa shape index (κ1) is 28.2. The molecule has 4 atom stereocenters. The maximum Gasteiger partial charge on any atom is 0.408 e. The van der Waals surface area contributed by atoms with Gasteiger partial charge in [-0.25, -0.2) is 4.79 Å². The number of hydrogen-bond donors (Lipinski definition) is 3. The van der Waals surface area contributed by atoms with Crippen LogP contribution in [0.4, 0.5) is 4.79 Å². The number of carbonyl (C=O) groups excluding carboxylic acids is 1. The molecule has 1 amide bonds. The third-order valence-electron chi connectivity index (χ3n) is 6.25. The molecule has 3 rings (SSSR count). The molecular formula is C27H34Cl2N4O3. The van der Waals surface area contributed by atoms with Gasteiger partial charge in [0.05, 0.1) is 25.2 Å². The molecule has 194 valence electrons. The zero-order valence-corrected chi connectivity index (χ0v) is 22.4. The lowest BCUT2D eigenvalue weighted by Crippen LogP contribution is -2.44. The summed E-state index contributed by atoms with van der Waals surface area (Å²) in [7, 11) is 0. The summed E-state index contributed by atoms with van der Waals surface area (Å²) in [6, 6.07) is 17.0. The number of nitrogens with zero attached hydrogens (tertiary/aromatic N) is 1. The van der Waals surface area contributed by atoms with Crippen molar-refractivity contribution in [3.05, 3.63) is 69.7 Å². The molecule has 0 bridgehead atoms. The lowest BCUT2D eigenvalue weighted by molar-refractivity contribution is 0.0709. The van der Waals surface area contributed by atoms with E-state index in [0.717, 1.165) is 11.1 Å². The number of nitrogens with one attached hydrogen (secondary N) is 2. The maximum atomic E-state index is 12.8. The van der Waals surface area contributed by atoms with Gasteiger partial charge >= 0.3 is 6.09 Å². The van der Waals surface area contributed by atoms with Crippen molar-refractivity contribution >= 4 is 29.3 Å². The highest BCUT2D eigenvalue weighted by Crippen LogP contribution is 2.51. The summed E-state index contributed by atoms with van der Waals surface area (Å²) in [5.74, 6) is -0.533. The summed E-state index contributed by atoms with van der Waals surface area (Å²) < 4.78 is 11.2. The average molecular weight is 534 g/mol. The van der Waals surface area contributed by atoms with Crippen LogP contribution < -0.4 is 16.4 Å². The number of alkyl carbamates (subject to hydrolysis) is 1. The Hall–Kier alpha value is -2.34. The number of halogens is 2. The third-order valence-corrected chi connectivity index (χ3v) is 6.74. The topological polar surface area (TPSA) is 109 Å². The number of nitriles is 1. The monoisotopic (exact) mass is 532 g/mol. The fourth-order valence-corrected chi connectivity index (χ4v) is 5.16. The van der Waals surface area contributed by atoms with Gasteiger partial charge in [-0.05, 0) is 47.2 Å². The van der Waals surface area contributed by atoms with Crippen LogP contribution in [0.2, 0.25) is 10.0 Å². The number of ether oxygens (including phenoxy) is 2. The summed E-state index contributed by atoms with van der Waals surface area (Å²) >= 11 is 12.6. The van der Waals surface area contributed by atoms with Gasteiger partial charge in [0.1, 0.15) is 5.41 Å². The summed E-state index contributed by atoms with van der Waals surface area (Å²) in [6.07, 6.45) is -0.722. The van der Waals surface area contributed by atoms with Crippen molar-refractivity contribution < 1.29 is 14.3 Å². The molecule has 7 nitrogen and oxygen atoms in total. The fraction of sp³-hybridized carbons (Fsp3) is 0.481. The van der Waals surface area contributed by atoms with E-state index >= 15 is 0 Å². The molecule has 0 unspecified atom stereocenters. The summed E-state index contributed by atoms with van der Waals surface area (Å²) in [4.78, 5) is 12.8. The summed E-state index contributed by atoms with van der Waals surface area (Å²) in [6.45, 7) is 7.78. The number of nitrogens with two attached hydrogens (primary N) is 1. The first-order valence-corrected chi connectivity index (χ1v) is 12.8. The quantitative estimate of drug-likeness (QED) is 0.393. The smallest absolute Gasteiger partial charge is 0.408 e. The van der Waals surface area contributed by atoms with Crippen LogP contribution >= 0.6 is 23.2 Å². The van der Waals surface area contributed by atoms with Gasteiger partial charge in [0.15, 0.2) is 6.23 Å². The van der Waals surface area contributed by atoms with Gasteiger partial charge in [-0.1, -0.05) is 68.2 Å². The van der Waals surface area contributed by atoms with Gasteiger partial charge < -0.3 is 20.5 Å². The van der Waals surface area contributed by atoms with Gasteiger partial charge in [-0.3, -0.25) is 5.32 Å². The molecule has 0 radical (unpaired) electrons. The second kappa shape index (κ2) is 12.3. The van der Waals surface area contributed by atoms with E-state index in [0.29, 0.717) is 36.2 Å². The fourth-order valence-electron chi connectivity index (χ4n) is 4.84. The van der Waals surface area contributed by atoms with Crippen molar-refractivity contribution in [2.75, 3.05) is 26.3 Å². The maximum absolute atomic E-state index is 12.8. The van der Waals surface area contributed by atoms with Crippen molar-refractivity contribution in [3.8, 4) is 6.07 Å². The van der Waals surface area contributed by atoms with Crippen LogP contribution in [-0.2, 0) is 14.9 Å². The van der Waals surface area contributed by atoms with Crippen LogP contribution in [0.25, 0.3) is 0 Å². The molecule has 36 heavy (non-hydrogen) atoms. The first-order valence-electron chi connectivity index (χ1n) is 12.0. The van der Waals surface area contributed by atoms with E-state index in [2.05, 4.69) is 37.5 Å². The number of amides is 1. The van der Waals surface area contributed by atoms with E-state index in [4.69, 9.17) is 38.4 Å². The van der Waals surface area contributed by atoms with Crippen molar-refractivity contribution in [1.82, 2.24) is 10.6 Å². The molecule has 2 aromatic rings. The highest BCUT2D eigenvalue weighted by Gasteiger charge is 2.59. The second-order valence-corrected chi connectivity index (χ2v) is 11.0. The third kappa shape index (κ3) is 6.70. The van der Waals surface area contributed by atoms with E-state index in [-0.39, 0.29) is 18.0 Å². The van der Waals surface area contributed by atoms with Crippen LogP contribution in [-0.4, -0.2) is 44.7 Å². The van der Waals surface area contributed by atoms with Crippen LogP contribution in [0.15, 0.2) is 48.5 Å². The minimum Gasteiger partial charge on any atom is -0.430 e. The average Bonchev–Trinajstić information content (AvgIpc) is 3.11. The molecule has 1 fully saturated rings. The van der Waals surface area contributed by atoms with Crippen molar-refractivity contribution in [1.29, 1.82) is 5.26 Å². The lowest BCUT2D eigenvalue weighted by atomic mass is 9.64. The molecule has 2 aromatic carbocycles. The minimum atomic E-state index is -1.06. The molecule has 4 N–H and O–H groups in total. The van der Waals surface area contributed by atoms with E-state index in [9.17, 15) is 10.1 Å². The van der Waals surface area contributed by atoms with E-state index in [1.807, 2.05) is 30.3 Å². The normalized spacial score (nSPS) is 23.8. The molecular weight excluding hydrogens is 499 g/mol. The van der Waals surface area contributed by atoms with Crippen LogP contribution in [0.3, 0.4) is 0 Å². The molecule has 1 saturated heterocycles. The Balaban J connectivity index is 2.03. The molecule has 1 aliphatic heterocycles. The number of carbonyl (C=O) groups is 1. The number of rotatable bonds is 9. The largest absolute Gasteiger partial charge is 0.430 e. The first-order chi connectivity index (χ1) is 17.1. The Morgan fingerprint density at radius 3 is 2.50 bits per heavy atom. The Labute approximate surface area is 223 Å². The zero-order valence-electron chi connectivity index (χ0n) is 20.9. The number of hydrogen-bond acceptors (Lipinski definition) is 6. The predicted octanol–water partition coefficient (Wildman–Crippen LogP) is 4.97. The van der Waals surface area contributed by atoms with Gasteiger partial charge in [-0.2, -0.15) is 5.26 Å². The Kier molecular flexibility index (Phi) is 9.62. The zero-order chi connectivity index (χ0) is 26.3. The van der Waals surface area contributed by atoms with Gasteiger partial charge in [0, 0.05) is 29.2 Å². The SMILES string of the molecule is CC(C)(C)C[C@@H]1N[C@H](OC(=O)NCCOCCN)[C@H](c2cccc(Cl)c2)[C@@]1(C#N)c1ccc(Cl)cc1. The van der Waals surface area contributed by atoms with E-state index in [1.165, 1.54) is 0 Å². The summed E-state index contributed by atoms with van der Waals surface area (Å²) in [5.41, 5.74) is 5.85. The van der Waals surface area contributed by atoms with Gasteiger partial charge in [0.25, 0.3) is 0 Å². The van der Waals surface area contributed by atoms with Gasteiger partial charge in [-0.15, -0.1) is 0 Å². The second-order valence-electron chi connectivity index (χ2n) is 10.2. The summed E-state index contributed by atoms with van der Waals surface area (Å²) in [5, 5.41) is 18.2. The lowest BCUT2D eigenvalue weighted by Gasteiger charge is -2.37. The molecule has 1 heterocycles. The number of benzene rings is 2. The highest BCUT2D eigenvalue weighted by molar-refractivity contribution is 6.30. The van der Waals surface area contributed by atoms with Crippen LogP contribution in [0.5, 0.6) is 0 Å². The van der Waals surface area contributed by atoms with E-state index in [1.54, 1.807) is 18.2 Å². The predicted molar refractivity (Wildman–Crippen MR) is 142 cm³/mol. The van der Waals surface area contributed by atoms with Crippen LogP contribution in [0.1, 0.15) is 44.2 Å². The van der Waals surface area contributed by atoms with Crippen molar-refractivity contribution in [2.24, 2.45) is 11.1 Å². The standard InChI is InChI=1S/C27H34Cl2N4O3/c1-26(2,3)16-22-27(17-31,19-7-9-20(28)10-8-19)23(18-5-4-6-21(29)15-18)24(33-22)36-25(34)32-12-14-35-13-11-30/h4-10,15,22-24,33H,11-14,16,30H2,1-3H3,(H,32,34)/t22-,23-,24+,27-/m0/s1. The molecule has 0 aliphatic carbocycles. The Morgan fingerprint density at radius 2 is 1.89 bits per heavy atom. The van der Waals surface area contributed by atoms with Crippen molar-refractivity contribution in [3.63, 3.8) is 0 Å². The molecule has 0 saturated carbocycles.